The minimum absolute atomic E-state index is 0.209. The molecule has 5 nitrogen and oxygen atoms in total. The SMILES string of the molecule is CC(O)C1CCN(c2cnc(N)cn2)CC1. The van der Waals surface area contributed by atoms with E-state index < -0.39 is 0 Å². The number of hydrogen-bond acceptors (Lipinski definition) is 5. The fraction of sp³-hybridized carbons (Fsp3) is 0.636. The molecule has 2 heterocycles. The van der Waals surface area contributed by atoms with Crippen LogP contribution in [0.25, 0.3) is 0 Å². The molecule has 1 fully saturated rings. The van der Waals surface area contributed by atoms with E-state index in [1.807, 2.05) is 6.92 Å². The zero-order valence-electron chi connectivity index (χ0n) is 9.50. The van der Waals surface area contributed by atoms with Gasteiger partial charge >= 0.3 is 0 Å². The molecular formula is C11H18N4O. The fourth-order valence-corrected chi connectivity index (χ4v) is 2.11. The maximum absolute atomic E-state index is 9.51. The minimum atomic E-state index is -0.209. The van der Waals surface area contributed by atoms with Gasteiger partial charge in [0.1, 0.15) is 11.6 Å². The zero-order chi connectivity index (χ0) is 11.5. The van der Waals surface area contributed by atoms with Gasteiger partial charge < -0.3 is 15.7 Å². The number of piperidine rings is 1. The first-order chi connectivity index (χ1) is 7.66. The zero-order valence-corrected chi connectivity index (χ0v) is 9.50. The van der Waals surface area contributed by atoms with Crippen LogP contribution in [0.1, 0.15) is 19.8 Å². The van der Waals surface area contributed by atoms with Gasteiger partial charge in [0.2, 0.25) is 0 Å². The van der Waals surface area contributed by atoms with Crippen molar-refractivity contribution in [2.75, 3.05) is 23.7 Å². The lowest BCUT2D eigenvalue weighted by molar-refractivity contribution is 0.110. The molecule has 0 aromatic carbocycles. The van der Waals surface area contributed by atoms with Crippen molar-refractivity contribution >= 4 is 11.6 Å². The van der Waals surface area contributed by atoms with Crippen LogP contribution < -0.4 is 10.6 Å². The van der Waals surface area contributed by atoms with E-state index in [0.29, 0.717) is 11.7 Å². The Morgan fingerprint density at radius 2 is 2.06 bits per heavy atom. The van der Waals surface area contributed by atoms with Crippen molar-refractivity contribution in [1.82, 2.24) is 9.97 Å². The van der Waals surface area contributed by atoms with E-state index >= 15 is 0 Å². The number of rotatable bonds is 2. The Labute approximate surface area is 95.3 Å². The molecule has 1 aromatic rings. The van der Waals surface area contributed by atoms with E-state index in [2.05, 4.69) is 14.9 Å². The summed E-state index contributed by atoms with van der Waals surface area (Å²) >= 11 is 0. The highest BCUT2D eigenvalue weighted by Gasteiger charge is 2.23. The van der Waals surface area contributed by atoms with Gasteiger partial charge in [-0.05, 0) is 25.7 Å². The first-order valence-corrected chi connectivity index (χ1v) is 5.67. The molecule has 1 aliphatic rings. The summed E-state index contributed by atoms with van der Waals surface area (Å²) in [7, 11) is 0. The third-order valence-corrected chi connectivity index (χ3v) is 3.20. The number of aromatic nitrogens is 2. The number of nitrogens with two attached hydrogens (primary N) is 1. The van der Waals surface area contributed by atoms with Crippen molar-refractivity contribution in [1.29, 1.82) is 0 Å². The minimum Gasteiger partial charge on any atom is -0.393 e. The van der Waals surface area contributed by atoms with Gasteiger partial charge in [0.05, 0.1) is 18.5 Å². The largest absolute Gasteiger partial charge is 0.393 e. The molecule has 88 valence electrons. The highest BCUT2D eigenvalue weighted by atomic mass is 16.3. The summed E-state index contributed by atoms with van der Waals surface area (Å²) in [6, 6.07) is 0. The Morgan fingerprint density at radius 1 is 1.38 bits per heavy atom. The second kappa shape index (κ2) is 4.65. The van der Waals surface area contributed by atoms with Crippen LogP contribution in [-0.4, -0.2) is 34.3 Å². The van der Waals surface area contributed by atoms with Gasteiger partial charge in [-0.1, -0.05) is 0 Å². The monoisotopic (exact) mass is 222 g/mol. The topological polar surface area (TPSA) is 75.3 Å². The summed E-state index contributed by atoms with van der Waals surface area (Å²) in [5, 5.41) is 9.51. The average molecular weight is 222 g/mol. The molecule has 16 heavy (non-hydrogen) atoms. The molecule has 0 amide bonds. The maximum Gasteiger partial charge on any atom is 0.147 e. The molecule has 1 aromatic heterocycles. The first kappa shape index (κ1) is 11.1. The van der Waals surface area contributed by atoms with Gasteiger partial charge in [0, 0.05) is 13.1 Å². The Balaban J connectivity index is 1.96. The maximum atomic E-state index is 9.51. The number of aliphatic hydroxyl groups is 1. The molecule has 1 aliphatic heterocycles. The van der Waals surface area contributed by atoms with Crippen molar-refractivity contribution in [3.05, 3.63) is 12.4 Å². The average Bonchev–Trinajstić information content (AvgIpc) is 2.30. The van der Waals surface area contributed by atoms with Gasteiger partial charge in [-0.2, -0.15) is 0 Å². The summed E-state index contributed by atoms with van der Waals surface area (Å²) in [5.41, 5.74) is 5.49. The molecule has 5 heteroatoms. The van der Waals surface area contributed by atoms with Gasteiger partial charge in [-0.3, -0.25) is 0 Å². The van der Waals surface area contributed by atoms with Gasteiger partial charge in [-0.25, -0.2) is 9.97 Å². The van der Waals surface area contributed by atoms with Crippen LogP contribution in [0.15, 0.2) is 12.4 Å². The second-order valence-corrected chi connectivity index (χ2v) is 4.36. The van der Waals surface area contributed by atoms with Crippen LogP contribution in [0, 0.1) is 5.92 Å². The third kappa shape index (κ3) is 2.41. The quantitative estimate of drug-likeness (QED) is 0.768. The lowest BCUT2D eigenvalue weighted by Gasteiger charge is -2.33. The second-order valence-electron chi connectivity index (χ2n) is 4.36. The molecule has 0 saturated carbocycles. The molecule has 0 aliphatic carbocycles. The van der Waals surface area contributed by atoms with Crippen molar-refractivity contribution in [3.8, 4) is 0 Å². The summed E-state index contributed by atoms with van der Waals surface area (Å²) in [6.07, 6.45) is 5.08. The number of anilines is 2. The molecule has 1 saturated heterocycles. The fourth-order valence-electron chi connectivity index (χ4n) is 2.11. The van der Waals surface area contributed by atoms with Crippen LogP contribution in [0.4, 0.5) is 11.6 Å². The Bertz CT molecular complexity index is 330. The number of nitrogen functional groups attached to an aromatic ring is 1. The van der Waals surface area contributed by atoms with Gasteiger partial charge in [0.25, 0.3) is 0 Å². The Hall–Kier alpha value is -1.36. The summed E-state index contributed by atoms with van der Waals surface area (Å²) in [4.78, 5) is 10.5. The molecule has 3 N–H and O–H groups in total. The van der Waals surface area contributed by atoms with Gasteiger partial charge in [0.15, 0.2) is 0 Å². The Morgan fingerprint density at radius 3 is 2.56 bits per heavy atom. The highest BCUT2D eigenvalue weighted by molar-refractivity contribution is 5.39. The molecule has 0 radical (unpaired) electrons. The molecule has 2 rings (SSSR count). The van der Waals surface area contributed by atoms with Crippen LogP contribution in [0.5, 0.6) is 0 Å². The summed E-state index contributed by atoms with van der Waals surface area (Å²) < 4.78 is 0. The molecule has 1 atom stereocenters. The molecule has 0 spiro atoms. The van der Waals surface area contributed by atoms with Crippen LogP contribution >= 0.6 is 0 Å². The van der Waals surface area contributed by atoms with Crippen LogP contribution in [0.3, 0.4) is 0 Å². The molecule has 0 bridgehead atoms. The standard InChI is InChI=1S/C11H18N4O/c1-8(16)9-2-4-15(5-3-9)11-7-13-10(12)6-14-11/h6-9,16H,2-5H2,1H3,(H2,12,13). The lowest BCUT2D eigenvalue weighted by Crippen LogP contribution is -2.37. The summed E-state index contributed by atoms with van der Waals surface area (Å²) in [6.45, 7) is 3.71. The lowest BCUT2D eigenvalue weighted by atomic mass is 9.92. The van der Waals surface area contributed by atoms with E-state index in [-0.39, 0.29) is 6.10 Å². The smallest absolute Gasteiger partial charge is 0.147 e. The van der Waals surface area contributed by atoms with Crippen molar-refractivity contribution in [2.45, 2.75) is 25.9 Å². The van der Waals surface area contributed by atoms with Crippen molar-refractivity contribution < 1.29 is 5.11 Å². The number of hydrogen-bond donors (Lipinski definition) is 2. The van der Waals surface area contributed by atoms with E-state index in [4.69, 9.17) is 5.73 Å². The Kier molecular flexibility index (Phi) is 3.24. The van der Waals surface area contributed by atoms with Gasteiger partial charge in [-0.15, -0.1) is 0 Å². The van der Waals surface area contributed by atoms with E-state index in [9.17, 15) is 5.11 Å². The number of aliphatic hydroxyl groups excluding tert-OH is 1. The van der Waals surface area contributed by atoms with Crippen LogP contribution in [-0.2, 0) is 0 Å². The normalized spacial score (nSPS) is 19.8. The van der Waals surface area contributed by atoms with Crippen LogP contribution in [0.2, 0.25) is 0 Å². The molecular weight excluding hydrogens is 204 g/mol. The highest BCUT2D eigenvalue weighted by Crippen LogP contribution is 2.23. The molecule has 1 unspecified atom stereocenters. The van der Waals surface area contributed by atoms with E-state index in [0.717, 1.165) is 31.7 Å². The van der Waals surface area contributed by atoms with E-state index in [1.54, 1.807) is 12.4 Å². The van der Waals surface area contributed by atoms with E-state index in [1.165, 1.54) is 0 Å². The third-order valence-electron chi connectivity index (χ3n) is 3.20. The summed E-state index contributed by atoms with van der Waals surface area (Å²) in [5.74, 6) is 1.74. The first-order valence-electron chi connectivity index (χ1n) is 5.67. The van der Waals surface area contributed by atoms with Crippen molar-refractivity contribution in [2.24, 2.45) is 5.92 Å². The van der Waals surface area contributed by atoms with Crippen molar-refractivity contribution in [3.63, 3.8) is 0 Å². The number of nitrogens with zero attached hydrogens (tertiary/aromatic N) is 3. The predicted molar refractivity (Wildman–Crippen MR) is 63.1 cm³/mol. The predicted octanol–water partition coefficient (Wildman–Crippen LogP) is 0.656.